The number of hydrogen-bond acceptors (Lipinski definition) is 15. The number of fused-ring (bicyclic) bond motifs is 2. The minimum absolute atomic E-state index is 0.00128. The highest BCUT2D eigenvalue weighted by molar-refractivity contribution is 9.09. The average molecular weight is 1150 g/mol. The molecular formula is C57H70BrClO14SSi. The Morgan fingerprint density at radius 2 is 1.68 bits per heavy atom. The lowest BCUT2D eigenvalue weighted by Crippen LogP contribution is -2.64. The molecule has 1 spiro atoms. The molecule has 3 fully saturated rings. The van der Waals surface area contributed by atoms with Gasteiger partial charge in [-0.1, -0.05) is 97.4 Å². The number of rotatable bonds is 24. The van der Waals surface area contributed by atoms with Crippen LogP contribution >= 0.6 is 39.3 Å². The molecule has 4 aromatic carbocycles. The van der Waals surface area contributed by atoms with Crippen LogP contribution in [0.15, 0.2) is 95.9 Å². The molecule has 2 aliphatic carbocycles. The number of benzene rings is 4. The molecule has 406 valence electrons. The second-order valence-electron chi connectivity index (χ2n) is 19.6. The number of thioether (sulfide) groups is 1. The van der Waals surface area contributed by atoms with Crippen molar-refractivity contribution in [1.29, 1.82) is 0 Å². The molecule has 0 radical (unpaired) electrons. The second-order valence-corrected chi connectivity index (χ2v) is 26.5. The van der Waals surface area contributed by atoms with Crippen molar-refractivity contribution in [3.63, 3.8) is 0 Å². The SMILES string of the molecule is C/C=C/COc1cc(OCOCc2ccccc2)c2c(O)c3c(cc2c1)C[C@@H]([C@H](OC)C(=O)[C@H]1OC2(CCCC2)O[C@@H]1C)[C@H](O[C@@H]1O[C@H](CBr)[C@@H](OC(=O)CCl)[C@H](O[Si](CC)(CC)CC)[C@H]1Sc1ccccc1)C3=O. The molecule has 4 aliphatic rings. The van der Waals surface area contributed by atoms with Gasteiger partial charge in [0.05, 0.1) is 28.9 Å². The van der Waals surface area contributed by atoms with Crippen LogP contribution < -0.4 is 9.47 Å². The monoisotopic (exact) mass is 1150 g/mol. The first-order valence-electron chi connectivity index (χ1n) is 26.1. The van der Waals surface area contributed by atoms with Gasteiger partial charge in [0.2, 0.25) is 0 Å². The first-order valence-corrected chi connectivity index (χ1v) is 31.2. The van der Waals surface area contributed by atoms with E-state index in [2.05, 4.69) is 36.7 Å². The number of phenols is 1. The van der Waals surface area contributed by atoms with Crippen molar-refractivity contribution in [3.05, 3.63) is 108 Å². The summed E-state index contributed by atoms with van der Waals surface area (Å²) in [5.74, 6) is -3.52. The lowest BCUT2D eigenvalue weighted by atomic mass is 9.75. The molecule has 2 saturated heterocycles. The summed E-state index contributed by atoms with van der Waals surface area (Å²) in [6, 6.07) is 27.0. The molecule has 1 saturated carbocycles. The van der Waals surface area contributed by atoms with E-state index in [-0.39, 0.29) is 60.1 Å². The molecule has 0 bridgehead atoms. The van der Waals surface area contributed by atoms with E-state index in [1.165, 1.54) is 18.9 Å². The molecule has 1 N–H and O–H groups in total. The summed E-state index contributed by atoms with van der Waals surface area (Å²) < 4.78 is 65.2. The predicted octanol–water partition coefficient (Wildman–Crippen LogP) is 11.3. The van der Waals surface area contributed by atoms with E-state index in [4.69, 9.17) is 58.7 Å². The molecular weight excluding hydrogens is 1080 g/mol. The number of aromatic hydroxyl groups is 1. The van der Waals surface area contributed by atoms with E-state index in [0.29, 0.717) is 29.5 Å². The molecule has 18 heteroatoms. The topological polar surface area (TPSA) is 164 Å². The first-order chi connectivity index (χ1) is 36.3. The lowest BCUT2D eigenvalue weighted by Gasteiger charge is -2.49. The number of ketones is 2. The summed E-state index contributed by atoms with van der Waals surface area (Å²) >= 11 is 11.2. The van der Waals surface area contributed by atoms with Gasteiger partial charge < -0.3 is 52.2 Å². The molecule has 2 heterocycles. The highest BCUT2D eigenvalue weighted by Gasteiger charge is 2.57. The van der Waals surface area contributed by atoms with E-state index in [9.17, 15) is 9.90 Å². The molecule has 10 atom stereocenters. The first kappa shape index (κ1) is 57.3. The Hall–Kier alpha value is -3.85. The van der Waals surface area contributed by atoms with Gasteiger partial charge in [0.1, 0.15) is 60.3 Å². The van der Waals surface area contributed by atoms with Crippen molar-refractivity contribution in [2.24, 2.45) is 5.92 Å². The number of allylic oxidation sites excluding steroid dienone is 1. The fourth-order valence-corrected chi connectivity index (χ4v) is 15.8. The Morgan fingerprint density at radius 1 is 0.973 bits per heavy atom. The van der Waals surface area contributed by atoms with E-state index < -0.39 is 91.8 Å². The van der Waals surface area contributed by atoms with Crippen LogP contribution in [0, 0.1) is 5.92 Å². The van der Waals surface area contributed by atoms with Crippen LogP contribution in [0.2, 0.25) is 18.1 Å². The minimum Gasteiger partial charge on any atom is -0.506 e. The normalized spacial score (nSPS) is 25.9. The van der Waals surface area contributed by atoms with Gasteiger partial charge in [-0.25, -0.2) is 0 Å². The highest BCUT2D eigenvalue weighted by Crippen LogP contribution is 2.49. The Balaban J connectivity index is 1.25. The number of esters is 1. The van der Waals surface area contributed by atoms with Crippen LogP contribution in [0.4, 0.5) is 0 Å². The molecule has 8 rings (SSSR count). The van der Waals surface area contributed by atoms with Gasteiger partial charge in [0, 0.05) is 42.2 Å². The third kappa shape index (κ3) is 12.9. The van der Waals surface area contributed by atoms with Gasteiger partial charge in [-0.15, -0.1) is 23.4 Å². The summed E-state index contributed by atoms with van der Waals surface area (Å²) in [6.07, 6.45) is -1.15. The molecule has 14 nitrogen and oxygen atoms in total. The lowest BCUT2D eigenvalue weighted by molar-refractivity contribution is -0.257. The van der Waals surface area contributed by atoms with E-state index in [1.807, 2.05) is 92.7 Å². The Morgan fingerprint density at radius 3 is 2.33 bits per heavy atom. The smallest absolute Gasteiger partial charge is 0.321 e. The number of carbonyl (C=O) groups is 3. The molecule has 4 aromatic rings. The predicted molar refractivity (Wildman–Crippen MR) is 293 cm³/mol. The van der Waals surface area contributed by atoms with Crippen LogP contribution in [-0.4, -0.2) is 123 Å². The van der Waals surface area contributed by atoms with Crippen LogP contribution in [0.5, 0.6) is 17.2 Å². The fourth-order valence-electron chi connectivity index (χ4n) is 11.0. The third-order valence-corrected chi connectivity index (χ3v) is 21.8. The number of phenolic OH excluding ortho intramolecular Hbond substituents is 1. The summed E-state index contributed by atoms with van der Waals surface area (Å²) in [7, 11) is -1.07. The third-order valence-electron chi connectivity index (χ3n) is 15.0. The van der Waals surface area contributed by atoms with Crippen LogP contribution in [0.3, 0.4) is 0 Å². The van der Waals surface area contributed by atoms with Crippen molar-refractivity contribution >= 4 is 75.9 Å². The van der Waals surface area contributed by atoms with Gasteiger partial charge in [-0.05, 0) is 92.0 Å². The maximum Gasteiger partial charge on any atom is 0.321 e. The van der Waals surface area contributed by atoms with Gasteiger partial charge in [0.15, 0.2) is 44.9 Å². The van der Waals surface area contributed by atoms with E-state index in [1.54, 1.807) is 12.1 Å². The zero-order valence-electron chi connectivity index (χ0n) is 43.5. The summed E-state index contributed by atoms with van der Waals surface area (Å²) in [4.78, 5) is 45.1. The fraction of sp³-hybridized carbons (Fsp3) is 0.526. The molecule has 2 aliphatic heterocycles. The molecule has 75 heavy (non-hydrogen) atoms. The second kappa shape index (κ2) is 26.2. The Kier molecular flexibility index (Phi) is 20.0. The Bertz CT molecular complexity index is 2590. The van der Waals surface area contributed by atoms with Gasteiger partial charge in [0.25, 0.3) is 0 Å². The maximum absolute atomic E-state index is 15.9. The van der Waals surface area contributed by atoms with Crippen molar-refractivity contribution in [3.8, 4) is 17.2 Å². The number of carbonyl (C=O) groups excluding carboxylic acids is 3. The van der Waals surface area contributed by atoms with Crippen LogP contribution in [-0.2, 0) is 60.2 Å². The van der Waals surface area contributed by atoms with E-state index in [0.717, 1.165) is 41.4 Å². The number of ether oxygens (including phenoxy) is 9. The quantitative estimate of drug-likeness (QED) is 0.0176. The zero-order valence-corrected chi connectivity index (χ0v) is 47.7. The van der Waals surface area contributed by atoms with Gasteiger partial charge >= 0.3 is 5.97 Å². The molecule has 0 aromatic heterocycles. The summed E-state index contributed by atoms with van der Waals surface area (Å²) in [5.41, 5.74) is 1.41. The van der Waals surface area contributed by atoms with Crippen molar-refractivity contribution in [1.82, 2.24) is 0 Å². The molecule has 0 unspecified atom stereocenters. The average Bonchev–Trinajstić information content (AvgIpc) is 4.03. The van der Waals surface area contributed by atoms with Crippen molar-refractivity contribution in [2.75, 3.05) is 31.7 Å². The van der Waals surface area contributed by atoms with Crippen LogP contribution in [0.1, 0.15) is 81.8 Å². The number of hydrogen-bond donors (Lipinski definition) is 1. The van der Waals surface area contributed by atoms with Gasteiger partial charge in [-0.2, -0.15) is 0 Å². The Labute approximate surface area is 458 Å². The van der Waals surface area contributed by atoms with Gasteiger partial charge in [-0.3, -0.25) is 14.4 Å². The molecule has 0 amide bonds. The minimum atomic E-state index is -2.51. The van der Waals surface area contributed by atoms with Crippen molar-refractivity contribution < 1.29 is 66.5 Å². The van der Waals surface area contributed by atoms with E-state index >= 15 is 9.59 Å². The number of Topliss-reactive ketones (excluding diaryl/α,β-unsaturated/α-hetero) is 2. The van der Waals surface area contributed by atoms with Crippen LogP contribution in [0.25, 0.3) is 10.8 Å². The number of alkyl halides is 2. The largest absolute Gasteiger partial charge is 0.506 e. The maximum atomic E-state index is 15.9. The summed E-state index contributed by atoms with van der Waals surface area (Å²) in [5, 5.41) is 12.9. The van der Waals surface area contributed by atoms with Crippen molar-refractivity contribution in [2.45, 2.75) is 156 Å². The standard InChI is InChI=1S/C57H70BrClO14SSi/c1-7-11-26-66-39-28-37-27-38-29-41(51(64-6)49(63)50-35(5)71-57(72-50)24-18-19-25-57)52(48(62)46(38)47(61)45(37)42(30-39)67-34-65-33-36-20-14-12-15-21-36)70-56-55(74-40-22-16-13-17-23-40)54(73-75(8-2,9-3)10-4)53(43(31-58)68-56)69-44(60)32-59/h7,11-17,20-23,27-28,30,35,41,43,50-56,61H,8-10,18-19,24-26,29,31-34H2,1-6H3/b11-7+/t35-,41+,43-,50+,51+,52+,53-,54+,55-,56+/m1/s1. The number of methoxy groups -OCH3 is 1. The zero-order chi connectivity index (χ0) is 53.3. The summed E-state index contributed by atoms with van der Waals surface area (Å²) in [6.45, 7) is 10.5. The highest BCUT2D eigenvalue weighted by atomic mass is 79.9. The number of halogens is 2.